The van der Waals surface area contributed by atoms with Crippen molar-refractivity contribution in [3.05, 3.63) is 64.1 Å². The molecule has 0 saturated carbocycles. The number of hydrogen-bond donors (Lipinski definition) is 0. The van der Waals surface area contributed by atoms with Gasteiger partial charge in [-0.15, -0.1) is 10.2 Å². The first-order chi connectivity index (χ1) is 13.9. The van der Waals surface area contributed by atoms with Crippen molar-refractivity contribution in [2.24, 2.45) is 21.1 Å². The van der Waals surface area contributed by atoms with Crippen molar-refractivity contribution in [1.82, 2.24) is 23.9 Å². The van der Waals surface area contributed by atoms with Gasteiger partial charge in [-0.2, -0.15) is 0 Å². The number of rotatable bonds is 5. The summed E-state index contributed by atoms with van der Waals surface area (Å²) in [6.45, 7) is 2.04. The van der Waals surface area contributed by atoms with Gasteiger partial charge in [0.25, 0.3) is 0 Å². The highest BCUT2D eigenvalue weighted by molar-refractivity contribution is 7.99. The van der Waals surface area contributed by atoms with Crippen LogP contribution in [0.25, 0.3) is 22.4 Å². The fourth-order valence-electron chi connectivity index (χ4n) is 3.29. The zero-order chi connectivity index (χ0) is 20.7. The summed E-state index contributed by atoms with van der Waals surface area (Å²) in [4.78, 5) is 24.8. The molecule has 0 spiro atoms. The smallest absolute Gasteiger partial charge is 0.305 e. The summed E-state index contributed by atoms with van der Waals surface area (Å²) < 4.78 is 5.02. The number of ketones is 1. The number of nitrogens with zero attached hydrogens (tertiary/aromatic N) is 5. The van der Waals surface area contributed by atoms with E-state index in [4.69, 9.17) is 0 Å². The van der Waals surface area contributed by atoms with E-state index in [0.717, 1.165) is 22.4 Å². The summed E-state index contributed by atoms with van der Waals surface area (Å²) in [7, 11) is 5.33. The maximum Gasteiger partial charge on any atom is 0.328 e. The number of imidazole rings is 1. The Hall–Kier alpha value is -3.13. The van der Waals surface area contributed by atoms with Crippen LogP contribution in [0.2, 0.25) is 0 Å². The van der Waals surface area contributed by atoms with Gasteiger partial charge in [0.1, 0.15) is 0 Å². The molecule has 2 heterocycles. The number of carbonyl (C=O) groups is 1. The molecule has 4 rings (SSSR count). The van der Waals surface area contributed by atoms with E-state index in [2.05, 4.69) is 10.2 Å². The topological polar surface area (TPSA) is 74.7 Å². The molecule has 0 saturated heterocycles. The maximum atomic E-state index is 12.7. The first-order valence-corrected chi connectivity index (χ1v) is 10.1. The number of thioether (sulfide) groups is 1. The van der Waals surface area contributed by atoms with E-state index in [0.29, 0.717) is 10.7 Å². The molecule has 0 radical (unpaired) electrons. The van der Waals surface area contributed by atoms with Crippen molar-refractivity contribution in [2.45, 2.75) is 12.1 Å². The number of aryl methyl sites for hydroxylation is 3. The van der Waals surface area contributed by atoms with Gasteiger partial charge in [-0.25, -0.2) is 4.79 Å². The molecular formula is C21H21N5O2S. The lowest BCUT2D eigenvalue weighted by Crippen LogP contribution is -2.19. The van der Waals surface area contributed by atoms with Crippen LogP contribution in [-0.4, -0.2) is 35.4 Å². The van der Waals surface area contributed by atoms with Gasteiger partial charge in [0.2, 0.25) is 0 Å². The van der Waals surface area contributed by atoms with Crippen LogP contribution in [0.4, 0.5) is 0 Å². The van der Waals surface area contributed by atoms with Crippen molar-refractivity contribution < 1.29 is 4.79 Å². The number of benzene rings is 2. The standard InChI is InChI=1S/C21H21N5O2S/c1-13-5-7-14(8-6-13)19-22-23-20(26(19)4)29-12-18(27)15-9-10-16-17(11-15)25(3)21(28)24(16)2/h5-11H,12H2,1-4H3. The molecule has 148 valence electrons. The Morgan fingerprint density at radius 1 is 0.931 bits per heavy atom. The number of carbonyl (C=O) groups excluding carboxylic acids is 1. The van der Waals surface area contributed by atoms with Crippen LogP contribution in [0.1, 0.15) is 15.9 Å². The minimum absolute atomic E-state index is 0.0203. The Kier molecular flexibility index (Phi) is 4.87. The minimum atomic E-state index is -0.110. The van der Waals surface area contributed by atoms with Crippen LogP contribution >= 0.6 is 11.8 Å². The van der Waals surface area contributed by atoms with Gasteiger partial charge in [0.15, 0.2) is 16.8 Å². The zero-order valence-electron chi connectivity index (χ0n) is 16.7. The lowest BCUT2D eigenvalue weighted by Gasteiger charge is -2.05. The second-order valence-corrected chi connectivity index (χ2v) is 7.99. The first-order valence-electron chi connectivity index (χ1n) is 9.14. The van der Waals surface area contributed by atoms with Crippen LogP contribution in [0.15, 0.2) is 52.4 Å². The minimum Gasteiger partial charge on any atom is -0.305 e. The molecule has 2 aromatic carbocycles. The average molecular weight is 407 g/mol. The van der Waals surface area contributed by atoms with Gasteiger partial charge in [-0.1, -0.05) is 41.6 Å². The highest BCUT2D eigenvalue weighted by Gasteiger charge is 2.15. The number of hydrogen-bond acceptors (Lipinski definition) is 5. The zero-order valence-corrected chi connectivity index (χ0v) is 17.5. The molecule has 0 aliphatic carbocycles. The SMILES string of the molecule is Cc1ccc(-c2nnc(SCC(=O)c3ccc4c(c3)n(C)c(=O)n4C)n2C)cc1. The van der Waals surface area contributed by atoms with Crippen molar-refractivity contribution in [3.63, 3.8) is 0 Å². The molecule has 0 aliphatic heterocycles. The van der Waals surface area contributed by atoms with Crippen LogP contribution in [-0.2, 0) is 21.1 Å². The van der Waals surface area contributed by atoms with E-state index < -0.39 is 0 Å². The van der Waals surface area contributed by atoms with Gasteiger partial charge in [-0.3, -0.25) is 13.9 Å². The number of Topliss-reactive ketones (excluding diaryl/α,β-unsaturated/α-hetero) is 1. The predicted octanol–water partition coefficient (Wildman–Crippen LogP) is 2.96. The van der Waals surface area contributed by atoms with Crippen molar-refractivity contribution in [3.8, 4) is 11.4 Å². The van der Waals surface area contributed by atoms with Crippen molar-refractivity contribution in [2.75, 3.05) is 5.75 Å². The van der Waals surface area contributed by atoms with Crippen LogP contribution in [0, 0.1) is 6.92 Å². The Labute approximate surface area is 172 Å². The molecule has 0 N–H and O–H groups in total. The van der Waals surface area contributed by atoms with E-state index >= 15 is 0 Å². The van der Waals surface area contributed by atoms with Gasteiger partial charge in [0.05, 0.1) is 16.8 Å². The van der Waals surface area contributed by atoms with E-state index in [1.54, 1.807) is 35.4 Å². The predicted molar refractivity (Wildman–Crippen MR) is 114 cm³/mol. The van der Waals surface area contributed by atoms with Gasteiger partial charge in [-0.05, 0) is 25.1 Å². The average Bonchev–Trinajstić information content (AvgIpc) is 3.19. The third kappa shape index (κ3) is 3.40. The van der Waals surface area contributed by atoms with Gasteiger partial charge < -0.3 is 4.57 Å². The molecule has 2 aromatic heterocycles. The molecule has 0 atom stereocenters. The Morgan fingerprint density at radius 2 is 1.62 bits per heavy atom. The second-order valence-electron chi connectivity index (χ2n) is 7.05. The molecule has 7 nitrogen and oxygen atoms in total. The summed E-state index contributed by atoms with van der Waals surface area (Å²) in [6.07, 6.45) is 0. The van der Waals surface area contributed by atoms with Crippen LogP contribution < -0.4 is 5.69 Å². The molecule has 0 fully saturated rings. The largest absolute Gasteiger partial charge is 0.328 e. The van der Waals surface area contributed by atoms with Crippen LogP contribution in [0.3, 0.4) is 0 Å². The van der Waals surface area contributed by atoms with E-state index in [1.165, 1.54) is 17.3 Å². The number of aromatic nitrogens is 5. The molecule has 0 aliphatic rings. The molecular weight excluding hydrogens is 386 g/mol. The lowest BCUT2D eigenvalue weighted by atomic mass is 10.1. The first kappa shape index (κ1) is 19.2. The van der Waals surface area contributed by atoms with Gasteiger partial charge >= 0.3 is 5.69 Å². The molecule has 4 aromatic rings. The number of fused-ring (bicyclic) bond motifs is 1. The highest BCUT2D eigenvalue weighted by atomic mass is 32.2. The quantitative estimate of drug-likeness (QED) is 0.376. The fourth-order valence-corrected chi connectivity index (χ4v) is 4.09. The lowest BCUT2D eigenvalue weighted by molar-refractivity contribution is 0.102. The Bertz CT molecular complexity index is 1280. The fraction of sp³-hybridized carbons (Fsp3) is 0.238. The summed E-state index contributed by atoms with van der Waals surface area (Å²) in [5.41, 5.74) is 4.18. The summed E-state index contributed by atoms with van der Waals surface area (Å²) in [5.74, 6) is 0.986. The second kappa shape index (κ2) is 7.36. The maximum absolute atomic E-state index is 12.7. The Morgan fingerprint density at radius 3 is 2.34 bits per heavy atom. The third-order valence-corrected chi connectivity index (χ3v) is 6.09. The van der Waals surface area contributed by atoms with Gasteiger partial charge in [0, 0.05) is 32.3 Å². The molecule has 0 amide bonds. The van der Waals surface area contributed by atoms with E-state index in [1.807, 2.05) is 48.9 Å². The van der Waals surface area contributed by atoms with Crippen molar-refractivity contribution >= 4 is 28.6 Å². The Balaban J connectivity index is 1.53. The van der Waals surface area contributed by atoms with Crippen LogP contribution in [0.5, 0.6) is 0 Å². The summed E-state index contributed by atoms with van der Waals surface area (Å²) in [5, 5.41) is 9.19. The van der Waals surface area contributed by atoms with E-state index in [9.17, 15) is 9.59 Å². The summed E-state index contributed by atoms with van der Waals surface area (Å²) >= 11 is 1.35. The molecule has 0 unspecified atom stereocenters. The summed E-state index contributed by atoms with van der Waals surface area (Å²) in [6, 6.07) is 13.4. The van der Waals surface area contributed by atoms with E-state index in [-0.39, 0.29) is 17.2 Å². The molecule has 8 heteroatoms. The molecule has 0 bridgehead atoms. The van der Waals surface area contributed by atoms with Crippen molar-refractivity contribution in [1.29, 1.82) is 0 Å². The third-order valence-electron chi connectivity index (χ3n) is 5.07. The normalized spacial score (nSPS) is 11.3. The molecule has 29 heavy (non-hydrogen) atoms. The highest BCUT2D eigenvalue weighted by Crippen LogP contribution is 2.24. The monoisotopic (exact) mass is 407 g/mol.